The van der Waals surface area contributed by atoms with Gasteiger partial charge in [0, 0.05) is 18.8 Å². The minimum atomic E-state index is -0.341. The van der Waals surface area contributed by atoms with Gasteiger partial charge < -0.3 is 5.32 Å². The minimum Gasteiger partial charge on any atom is -0.315 e. The Bertz CT molecular complexity index is 400. The number of rotatable bonds is 1. The first kappa shape index (κ1) is 8.25. The van der Waals surface area contributed by atoms with E-state index in [0.29, 0.717) is 0 Å². The molecule has 1 saturated heterocycles. The van der Waals surface area contributed by atoms with Crippen molar-refractivity contribution in [3.63, 3.8) is 0 Å². The summed E-state index contributed by atoms with van der Waals surface area (Å²) in [5, 5.41) is 3.16. The van der Waals surface area contributed by atoms with Gasteiger partial charge in [0.15, 0.2) is 0 Å². The second kappa shape index (κ2) is 3.18. The normalized spacial score (nSPS) is 22.0. The van der Waals surface area contributed by atoms with Crippen LogP contribution in [0.2, 0.25) is 0 Å². The molecule has 1 aromatic rings. The van der Waals surface area contributed by atoms with Gasteiger partial charge in [-0.2, -0.15) is 0 Å². The summed E-state index contributed by atoms with van der Waals surface area (Å²) in [6.45, 7) is 1.72. The molecule has 1 aliphatic heterocycles. The molecule has 1 atom stereocenters. The summed E-state index contributed by atoms with van der Waals surface area (Å²) in [4.78, 5) is 24.3. The largest absolute Gasteiger partial charge is 0.328 e. The van der Waals surface area contributed by atoms with Crippen molar-refractivity contribution in [2.24, 2.45) is 0 Å². The van der Waals surface area contributed by atoms with Crippen molar-refractivity contribution in [2.75, 3.05) is 13.1 Å². The van der Waals surface area contributed by atoms with Crippen LogP contribution in [0.25, 0.3) is 0 Å². The molecular formula is C8H11N3O2. The van der Waals surface area contributed by atoms with Crippen LogP contribution in [0.3, 0.4) is 0 Å². The van der Waals surface area contributed by atoms with Crippen LogP contribution in [0.15, 0.2) is 21.9 Å². The number of hydrogen-bond acceptors (Lipinski definition) is 3. The van der Waals surface area contributed by atoms with Crippen LogP contribution in [0.4, 0.5) is 0 Å². The Labute approximate surface area is 74.4 Å². The van der Waals surface area contributed by atoms with Crippen LogP contribution in [0.5, 0.6) is 0 Å². The molecule has 1 aromatic heterocycles. The molecule has 0 saturated carbocycles. The van der Waals surface area contributed by atoms with E-state index in [9.17, 15) is 9.59 Å². The molecule has 0 aromatic carbocycles. The number of H-pyrrole nitrogens is 1. The number of aromatic amines is 1. The smallest absolute Gasteiger partial charge is 0.315 e. The van der Waals surface area contributed by atoms with Gasteiger partial charge in [-0.3, -0.25) is 14.3 Å². The first-order valence-electron chi connectivity index (χ1n) is 4.29. The number of aromatic nitrogens is 2. The molecule has 2 N–H and O–H groups in total. The highest BCUT2D eigenvalue weighted by atomic mass is 16.2. The third kappa shape index (κ3) is 1.55. The standard InChI is InChI=1S/C8H11N3O2/c12-7-2-4-11(8(13)10-7)6-1-3-9-5-6/h2,4,6,9H,1,3,5H2,(H,10,12,13). The van der Waals surface area contributed by atoms with Gasteiger partial charge in [0.1, 0.15) is 0 Å². The molecule has 5 nitrogen and oxygen atoms in total. The van der Waals surface area contributed by atoms with Crippen molar-refractivity contribution in [2.45, 2.75) is 12.5 Å². The maximum atomic E-state index is 11.3. The van der Waals surface area contributed by atoms with E-state index in [1.807, 2.05) is 0 Å². The van der Waals surface area contributed by atoms with E-state index in [0.717, 1.165) is 19.5 Å². The number of nitrogens with one attached hydrogen (secondary N) is 2. The lowest BCUT2D eigenvalue weighted by Crippen LogP contribution is -2.32. The van der Waals surface area contributed by atoms with Gasteiger partial charge in [-0.1, -0.05) is 0 Å². The van der Waals surface area contributed by atoms with E-state index in [1.165, 1.54) is 6.07 Å². The zero-order chi connectivity index (χ0) is 9.26. The van der Waals surface area contributed by atoms with Gasteiger partial charge in [-0.25, -0.2) is 4.79 Å². The van der Waals surface area contributed by atoms with Crippen LogP contribution >= 0.6 is 0 Å². The molecule has 0 amide bonds. The van der Waals surface area contributed by atoms with Gasteiger partial charge >= 0.3 is 5.69 Å². The lowest BCUT2D eigenvalue weighted by Gasteiger charge is -2.10. The number of hydrogen-bond donors (Lipinski definition) is 2. The van der Waals surface area contributed by atoms with Crippen molar-refractivity contribution < 1.29 is 0 Å². The van der Waals surface area contributed by atoms with E-state index < -0.39 is 0 Å². The van der Waals surface area contributed by atoms with E-state index >= 15 is 0 Å². The van der Waals surface area contributed by atoms with Crippen molar-refractivity contribution in [3.05, 3.63) is 33.1 Å². The molecule has 2 rings (SSSR count). The molecule has 13 heavy (non-hydrogen) atoms. The van der Waals surface area contributed by atoms with Gasteiger partial charge in [0.05, 0.1) is 6.04 Å². The Kier molecular flexibility index (Phi) is 2.02. The summed E-state index contributed by atoms with van der Waals surface area (Å²) in [7, 11) is 0. The van der Waals surface area contributed by atoms with Crippen LogP contribution in [-0.2, 0) is 0 Å². The third-order valence-electron chi connectivity index (χ3n) is 2.28. The molecule has 0 spiro atoms. The first-order valence-corrected chi connectivity index (χ1v) is 4.29. The monoisotopic (exact) mass is 181 g/mol. The highest BCUT2D eigenvalue weighted by Crippen LogP contribution is 2.10. The Morgan fingerprint density at radius 2 is 2.31 bits per heavy atom. The average molecular weight is 181 g/mol. The molecule has 2 heterocycles. The van der Waals surface area contributed by atoms with Gasteiger partial charge in [-0.05, 0) is 13.0 Å². The van der Waals surface area contributed by atoms with Gasteiger partial charge in [-0.15, -0.1) is 0 Å². The molecule has 0 aliphatic carbocycles. The molecule has 1 aliphatic rings. The Morgan fingerprint density at radius 1 is 1.46 bits per heavy atom. The summed E-state index contributed by atoms with van der Waals surface area (Å²) in [5.41, 5.74) is -0.659. The zero-order valence-electron chi connectivity index (χ0n) is 7.12. The Morgan fingerprint density at radius 3 is 2.92 bits per heavy atom. The lowest BCUT2D eigenvalue weighted by molar-refractivity contribution is 0.516. The molecule has 0 bridgehead atoms. The highest BCUT2D eigenvalue weighted by molar-refractivity contribution is 4.88. The van der Waals surface area contributed by atoms with Crippen molar-refractivity contribution >= 4 is 0 Å². The summed E-state index contributed by atoms with van der Waals surface area (Å²) in [6, 6.07) is 1.56. The summed E-state index contributed by atoms with van der Waals surface area (Å²) in [5.74, 6) is 0. The minimum absolute atomic E-state index is 0.185. The molecule has 1 unspecified atom stereocenters. The second-order valence-corrected chi connectivity index (χ2v) is 3.16. The predicted octanol–water partition coefficient (Wildman–Crippen LogP) is -0.929. The summed E-state index contributed by atoms with van der Waals surface area (Å²) < 4.78 is 1.57. The molecule has 0 radical (unpaired) electrons. The fourth-order valence-electron chi connectivity index (χ4n) is 1.59. The SMILES string of the molecule is O=c1ccn(C2CCNC2)c(=O)[nH]1. The van der Waals surface area contributed by atoms with Crippen LogP contribution in [0, 0.1) is 0 Å². The molecule has 70 valence electrons. The fraction of sp³-hybridized carbons (Fsp3) is 0.500. The molecule has 5 heteroatoms. The maximum Gasteiger partial charge on any atom is 0.328 e. The first-order chi connectivity index (χ1) is 6.27. The molecule has 1 fully saturated rings. The fourth-order valence-corrected chi connectivity index (χ4v) is 1.59. The topological polar surface area (TPSA) is 66.9 Å². The quantitative estimate of drug-likeness (QED) is 0.588. The highest BCUT2D eigenvalue weighted by Gasteiger charge is 2.16. The predicted molar refractivity (Wildman–Crippen MR) is 47.8 cm³/mol. The van der Waals surface area contributed by atoms with Gasteiger partial charge in [0.25, 0.3) is 5.56 Å². The van der Waals surface area contributed by atoms with Crippen molar-refractivity contribution in [1.82, 2.24) is 14.9 Å². The van der Waals surface area contributed by atoms with E-state index in [1.54, 1.807) is 10.8 Å². The Hall–Kier alpha value is -1.36. The number of nitrogens with zero attached hydrogens (tertiary/aromatic N) is 1. The lowest BCUT2D eigenvalue weighted by atomic mass is 10.2. The van der Waals surface area contributed by atoms with Gasteiger partial charge in [0.2, 0.25) is 0 Å². The molecular weight excluding hydrogens is 170 g/mol. The van der Waals surface area contributed by atoms with Crippen LogP contribution in [-0.4, -0.2) is 22.6 Å². The van der Waals surface area contributed by atoms with E-state index in [-0.39, 0.29) is 17.3 Å². The van der Waals surface area contributed by atoms with Crippen LogP contribution in [0.1, 0.15) is 12.5 Å². The summed E-state index contributed by atoms with van der Waals surface area (Å²) in [6.07, 6.45) is 2.49. The van der Waals surface area contributed by atoms with Crippen molar-refractivity contribution in [1.29, 1.82) is 0 Å². The Balaban J connectivity index is 2.40. The summed E-state index contributed by atoms with van der Waals surface area (Å²) >= 11 is 0. The van der Waals surface area contributed by atoms with Crippen LogP contribution < -0.4 is 16.6 Å². The van der Waals surface area contributed by atoms with Crippen molar-refractivity contribution in [3.8, 4) is 0 Å². The average Bonchev–Trinajstić information content (AvgIpc) is 2.56. The van der Waals surface area contributed by atoms with E-state index in [4.69, 9.17) is 0 Å². The van der Waals surface area contributed by atoms with E-state index in [2.05, 4.69) is 10.3 Å². The maximum absolute atomic E-state index is 11.3. The second-order valence-electron chi connectivity index (χ2n) is 3.16. The zero-order valence-corrected chi connectivity index (χ0v) is 7.12. The third-order valence-corrected chi connectivity index (χ3v) is 2.28.